The number of nitro groups is 1. The predicted octanol–water partition coefficient (Wildman–Crippen LogP) is 1.46. The van der Waals surface area contributed by atoms with Gasteiger partial charge in [-0.05, 0) is 24.3 Å². The number of non-ortho nitro benzene ring substituents is 1. The largest absolute Gasteiger partial charge is 0.383 e. The lowest BCUT2D eigenvalue weighted by atomic mass is 10.2. The van der Waals surface area contributed by atoms with Crippen molar-refractivity contribution >= 4 is 27.3 Å². The molecule has 1 amide bonds. The van der Waals surface area contributed by atoms with Gasteiger partial charge in [-0.15, -0.1) is 0 Å². The Morgan fingerprint density at radius 2 is 1.73 bits per heavy atom. The molecule has 30 heavy (non-hydrogen) atoms. The van der Waals surface area contributed by atoms with E-state index in [4.69, 9.17) is 4.74 Å². The van der Waals surface area contributed by atoms with Gasteiger partial charge in [0.15, 0.2) is 0 Å². The van der Waals surface area contributed by atoms with Crippen molar-refractivity contribution in [2.24, 2.45) is 0 Å². The molecule has 1 saturated heterocycles. The molecule has 0 spiro atoms. The number of morpholine rings is 1. The molecule has 11 heteroatoms. The average molecular weight is 434 g/mol. The lowest BCUT2D eigenvalue weighted by molar-refractivity contribution is -0.384. The maximum absolute atomic E-state index is 12.9. The van der Waals surface area contributed by atoms with Crippen LogP contribution in [0.5, 0.6) is 0 Å². The van der Waals surface area contributed by atoms with E-state index in [0.29, 0.717) is 25.4 Å². The second kappa shape index (κ2) is 9.65. The van der Waals surface area contributed by atoms with E-state index in [0.717, 1.165) is 0 Å². The third kappa shape index (κ3) is 5.12. The van der Waals surface area contributed by atoms with Crippen LogP contribution in [-0.4, -0.2) is 62.9 Å². The van der Waals surface area contributed by atoms with Gasteiger partial charge >= 0.3 is 0 Å². The van der Waals surface area contributed by atoms with E-state index >= 15 is 0 Å². The van der Waals surface area contributed by atoms with E-state index in [1.165, 1.54) is 28.6 Å². The summed E-state index contributed by atoms with van der Waals surface area (Å²) in [6.07, 6.45) is 0. The first-order valence-corrected chi connectivity index (χ1v) is 10.8. The Hall–Kier alpha value is -3.02. The maximum Gasteiger partial charge on any atom is 0.269 e. The number of hydrogen-bond acceptors (Lipinski definition) is 7. The Labute approximate surface area is 174 Å². The summed E-state index contributed by atoms with van der Waals surface area (Å²) in [6, 6.07) is 12.0. The molecule has 2 N–H and O–H groups in total. The van der Waals surface area contributed by atoms with Gasteiger partial charge in [0.1, 0.15) is 0 Å². The van der Waals surface area contributed by atoms with E-state index < -0.39 is 20.9 Å². The summed E-state index contributed by atoms with van der Waals surface area (Å²) in [5.41, 5.74) is 0.747. The second-order valence-electron chi connectivity index (χ2n) is 6.50. The van der Waals surface area contributed by atoms with Crippen LogP contribution in [-0.2, 0) is 14.8 Å². The lowest BCUT2D eigenvalue weighted by Crippen LogP contribution is -2.41. The third-order valence-corrected chi connectivity index (χ3v) is 6.49. The lowest BCUT2D eigenvalue weighted by Gasteiger charge is -2.26. The maximum atomic E-state index is 12.9. The van der Waals surface area contributed by atoms with E-state index in [1.54, 1.807) is 24.3 Å². The highest BCUT2D eigenvalue weighted by molar-refractivity contribution is 7.89. The number of sulfonamides is 1. The van der Waals surface area contributed by atoms with Crippen LogP contribution in [0.15, 0.2) is 53.4 Å². The van der Waals surface area contributed by atoms with Gasteiger partial charge in [-0.1, -0.05) is 12.1 Å². The summed E-state index contributed by atoms with van der Waals surface area (Å²) in [7, 11) is -3.80. The Balaban J connectivity index is 1.60. The molecule has 160 valence electrons. The summed E-state index contributed by atoms with van der Waals surface area (Å²) in [4.78, 5) is 22.8. The summed E-state index contributed by atoms with van der Waals surface area (Å²) in [5.74, 6) is -0.493. The summed E-state index contributed by atoms with van der Waals surface area (Å²) in [6.45, 7) is 1.74. The van der Waals surface area contributed by atoms with Crippen molar-refractivity contribution < 1.29 is 22.9 Å². The number of benzene rings is 2. The van der Waals surface area contributed by atoms with Gasteiger partial charge in [-0.25, -0.2) is 8.42 Å². The van der Waals surface area contributed by atoms with Crippen LogP contribution in [0.3, 0.4) is 0 Å². The van der Waals surface area contributed by atoms with Gasteiger partial charge in [0.2, 0.25) is 10.0 Å². The van der Waals surface area contributed by atoms with Gasteiger partial charge in [0.05, 0.1) is 28.6 Å². The Morgan fingerprint density at radius 1 is 1.07 bits per heavy atom. The topological polar surface area (TPSA) is 131 Å². The van der Waals surface area contributed by atoms with Gasteiger partial charge in [-0.3, -0.25) is 14.9 Å². The summed E-state index contributed by atoms with van der Waals surface area (Å²) in [5, 5.41) is 16.4. The number of carbonyl (C=O) groups excluding carboxylic acids is 1. The molecule has 1 fully saturated rings. The number of carbonyl (C=O) groups is 1. The predicted molar refractivity (Wildman–Crippen MR) is 110 cm³/mol. The van der Waals surface area contributed by atoms with Crippen molar-refractivity contribution in [2.75, 3.05) is 44.7 Å². The third-order valence-electron chi connectivity index (χ3n) is 4.54. The quantitative estimate of drug-likeness (QED) is 0.365. The summed E-state index contributed by atoms with van der Waals surface area (Å²) >= 11 is 0. The van der Waals surface area contributed by atoms with Crippen molar-refractivity contribution in [1.29, 1.82) is 0 Å². The van der Waals surface area contributed by atoms with Crippen LogP contribution in [0.2, 0.25) is 0 Å². The molecule has 10 nitrogen and oxygen atoms in total. The molecule has 0 saturated carbocycles. The first-order valence-electron chi connectivity index (χ1n) is 9.33. The van der Waals surface area contributed by atoms with Crippen LogP contribution in [0.1, 0.15) is 10.4 Å². The van der Waals surface area contributed by atoms with Crippen molar-refractivity contribution in [2.45, 2.75) is 4.90 Å². The normalized spacial score (nSPS) is 14.8. The molecule has 3 rings (SSSR count). The van der Waals surface area contributed by atoms with Crippen LogP contribution in [0.25, 0.3) is 0 Å². The molecule has 0 atom stereocenters. The molecule has 0 aromatic heterocycles. The number of amides is 1. The number of anilines is 1. The molecule has 1 aliphatic heterocycles. The van der Waals surface area contributed by atoms with Gasteiger partial charge in [0, 0.05) is 44.0 Å². The Bertz CT molecular complexity index is 1000. The van der Waals surface area contributed by atoms with E-state index in [2.05, 4.69) is 10.6 Å². The fraction of sp³-hybridized carbons (Fsp3) is 0.316. The van der Waals surface area contributed by atoms with Gasteiger partial charge < -0.3 is 15.4 Å². The van der Waals surface area contributed by atoms with Gasteiger partial charge in [-0.2, -0.15) is 4.31 Å². The SMILES string of the molecule is O=C(NCCNc1ccc([N+](=O)[O-])cc1)c1ccccc1S(=O)(=O)N1CCOCC1. The average Bonchev–Trinajstić information content (AvgIpc) is 2.77. The van der Waals surface area contributed by atoms with E-state index in [9.17, 15) is 23.3 Å². The monoisotopic (exact) mass is 434 g/mol. The highest BCUT2D eigenvalue weighted by Gasteiger charge is 2.29. The fourth-order valence-electron chi connectivity index (χ4n) is 2.98. The minimum absolute atomic E-state index is 0.00747. The zero-order valence-electron chi connectivity index (χ0n) is 16.1. The number of nitro benzene ring substituents is 1. The second-order valence-corrected chi connectivity index (χ2v) is 8.41. The van der Waals surface area contributed by atoms with Crippen LogP contribution >= 0.6 is 0 Å². The van der Waals surface area contributed by atoms with Crippen molar-refractivity contribution in [3.8, 4) is 0 Å². The van der Waals surface area contributed by atoms with Crippen LogP contribution in [0, 0.1) is 10.1 Å². The van der Waals surface area contributed by atoms with E-state index in [1.807, 2.05) is 0 Å². The number of nitrogens with one attached hydrogen (secondary N) is 2. The molecular weight excluding hydrogens is 412 g/mol. The molecule has 0 aliphatic carbocycles. The number of hydrogen-bond donors (Lipinski definition) is 2. The molecule has 0 radical (unpaired) electrons. The number of nitrogens with zero attached hydrogens (tertiary/aromatic N) is 2. The number of rotatable bonds is 8. The molecule has 1 heterocycles. The Morgan fingerprint density at radius 3 is 2.40 bits per heavy atom. The molecule has 0 unspecified atom stereocenters. The van der Waals surface area contributed by atoms with Crippen LogP contribution < -0.4 is 10.6 Å². The van der Waals surface area contributed by atoms with Crippen molar-refractivity contribution in [3.05, 3.63) is 64.2 Å². The van der Waals surface area contributed by atoms with Crippen LogP contribution in [0.4, 0.5) is 11.4 Å². The first kappa shape index (κ1) is 21.7. The zero-order valence-corrected chi connectivity index (χ0v) is 16.9. The van der Waals surface area contributed by atoms with E-state index in [-0.39, 0.29) is 35.8 Å². The zero-order chi connectivity index (χ0) is 21.6. The first-order chi connectivity index (χ1) is 14.4. The molecule has 1 aliphatic rings. The minimum Gasteiger partial charge on any atom is -0.383 e. The highest BCUT2D eigenvalue weighted by atomic mass is 32.2. The molecule has 0 bridgehead atoms. The molecule has 2 aromatic rings. The molecular formula is C19H22N4O6S. The minimum atomic E-state index is -3.80. The standard InChI is InChI=1S/C19H22N4O6S/c24-19(21-10-9-20-15-5-7-16(8-6-15)23(25)26)17-3-1-2-4-18(17)30(27,28)22-11-13-29-14-12-22/h1-8,20H,9-14H2,(H,21,24). The highest BCUT2D eigenvalue weighted by Crippen LogP contribution is 2.21. The van der Waals surface area contributed by atoms with Crippen molar-refractivity contribution in [1.82, 2.24) is 9.62 Å². The molecule has 2 aromatic carbocycles. The summed E-state index contributed by atoms with van der Waals surface area (Å²) < 4.78 is 32.4. The number of ether oxygens (including phenoxy) is 1. The Kier molecular flexibility index (Phi) is 6.98. The smallest absolute Gasteiger partial charge is 0.269 e. The fourth-order valence-corrected chi connectivity index (χ4v) is 4.58. The van der Waals surface area contributed by atoms with Crippen molar-refractivity contribution in [3.63, 3.8) is 0 Å². The van der Waals surface area contributed by atoms with Gasteiger partial charge in [0.25, 0.3) is 11.6 Å².